The third-order valence-electron chi connectivity index (χ3n) is 3.31. The lowest BCUT2D eigenvalue weighted by molar-refractivity contribution is -0.178. The summed E-state index contributed by atoms with van der Waals surface area (Å²) < 4.78 is 37.0. The molecule has 2 atom stereocenters. The molecule has 0 aromatic heterocycles. The first kappa shape index (κ1) is 14.2. The first-order valence-corrected chi connectivity index (χ1v) is 5.70. The van der Waals surface area contributed by atoms with E-state index in [1.165, 1.54) is 0 Å². The first-order valence-electron chi connectivity index (χ1n) is 5.70. The van der Waals surface area contributed by atoms with Crippen molar-refractivity contribution < 1.29 is 22.8 Å². The topological polar surface area (TPSA) is 34.1 Å². The van der Waals surface area contributed by atoms with Gasteiger partial charge in [0.2, 0.25) is 5.78 Å². The highest BCUT2D eigenvalue weighted by Gasteiger charge is 2.50. The number of hydrogen-bond donors (Lipinski definition) is 0. The van der Waals surface area contributed by atoms with Crippen LogP contribution in [-0.2, 0) is 9.59 Å². The number of Topliss-reactive ketones (excluding diaryl/α,β-unsaturated/α-hetero) is 2. The van der Waals surface area contributed by atoms with E-state index >= 15 is 0 Å². The maximum Gasteiger partial charge on any atom is 0.450 e. The van der Waals surface area contributed by atoms with E-state index in [0.717, 1.165) is 0 Å². The van der Waals surface area contributed by atoms with E-state index in [-0.39, 0.29) is 11.8 Å². The van der Waals surface area contributed by atoms with Crippen LogP contribution in [0.15, 0.2) is 0 Å². The molecular weight excluding hydrogens is 233 g/mol. The fraction of sp³-hybridized carbons (Fsp3) is 0.833. The zero-order valence-electron chi connectivity index (χ0n) is 10.2. The average molecular weight is 250 g/mol. The van der Waals surface area contributed by atoms with Crippen molar-refractivity contribution in [2.75, 3.05) is 0 Å². The molecule has 0 unspecified atom stereocenters. The molecule has 0 amide bonds. The van der Waals surface area contributed by atoms with E-state index in [9.17, 15) is 22.8 Å². The van der Waals surface area contributed by atoms with Gasteiger partial charge in [-0.05, 0) is 18.3 Å². The SMILES string of the molecule is CC(C)(C)[C@@H]1CCC[C@H](C(=O)C(F)(F)F)C1=O. The summed E-state index contributed by atoms with van der Waals surface area (Å²) in [5.74, 6) is -4.34. The molecule has 2 nitrogen and oxygen atoms in total. The van der Waals surface area contributed by atoms with Crippen LogP contribution < -0.4 is 0 Å². The summed E-state index contributed by atoms with van der Waals surface area (Å²) in [6.45, 7) is 5.45. The van der Waals surface area contributed by atoms with Crippen LogP contribution in [0.25, 0.3) is 0 Å². The molecule has 0 saturated heterocycles. The molecule has 0 radical (unpaired) electrons. The van der Waals surface area contributed by atoms with Gasteiger partial charge in [-0.2, -0.15) is 13.2 Å². The molecule has 0 heterocycles. The Bertz CT molecular complexity index is 326. The molecule has 0 aromatic rings. The van der Waals surface area contributed by atoms with Crippen molar-refractivity contribution in [2.24, 2.45) is 17.3 Å². The molecule has 0 bridgehead atoms. The quantitative estimate of drug-likeness (QED) is 0.670. The average Bonchev–Trinajstić information content (AvgIpc) is 2.13. The smallest absolute Gasteiger partial charge is 0.299 e. The highest BCUT2D eigenvalue weighted by Crippen LogP contribution is 2.39. The fourth-order valence-corrected chi connectivity index (χ4v) is 2.37. The molecule has 1 fully saturated rings. The molecule has 0 N–H and O–H groups in total. The number of ketones is 2. The summed E-state index contributed by atoms with van der Waals surface area (Å²) >= 11 is 0. The molecule has 98 valence electrons. The summed E-state index contributed by atoms with van der Waals surface area (Å²) in [6.07, 6.45) is -3.80. The highest BCUT2D eigenvalue weighted by molar-refractivity contribution is 6.06. The van der Waals surface area contributed by atoms with Gasteiger partial charge in [-0.15, -0.1) is 0 Å². The largest absolute Gasteiger partial charge is 0.450 e. The molecule has 1 saturated carbocycles. The molecular formula is C12H17F3O2. The lowest BCUT2D eigenvalue weighted by atomic mass is 9.67. The maximum atomic E-state index is 12.3. The molecule has 0 aromatic carbocycles. The summed E-state index contributed by atoms with van der Waals surface area (Å²) in [6, 6.07) is 0. The van der Waals surface area contributed by atoms with Crippen molar-refractivity contribution >= 4 is 11.6 Å². The Labute approximate surface area is 98.6 Å². The zero-order valence-corrected chi connectivity index (χ0v) is 10.2. The lowest BCUT2D eigenvalue weighted by Gasteiger charge is -2.35. The van der Waals surface area contributed by atoms with E-state index in [4.69, 9.17) is 0 Å². The Hall–Kier alpha value is -0.870. The Morgan fingerprint density at radius 2 is 1.71 bits per heavy atom. The van der Waals surface area contributed by atoms with Crippen LogP contribution in [0.5, 0.6) is 0 Å². The Morgan fingerprint density at radius 1 is 1.18 bits per heavy atom. The normalized spacial score (nSPS) is 27.1. The van der Waals surface area contributed by atoms with Crippen LogP contribution in [0.3, 0.4) is 0 Å². The van der Waals surface area contributed by atoms with Gasteiger partial charge in [0.25, 0.3) is 0 Å². The van der Waals surface area contributed by atoms with Gasteiger partial charge in [-0.25, -0.2) is 0 Å². The minimum atomic E-state index is -4.90. The third-order valence-corrected chi connectivity index (χ3v) is 3.31. The van der Waals surface area contributed by atoms with Crippen molar-refractivity contribution in [3.05, 3.63) is 0 Å². The first-order chi connectivity index (χ1) is 7.55. The monoisotopic (exact) mass is 250 g/mol. The van der Waals surface area contributed by atoms with Gasteiger partial charge in [-0.3, -0.25) is 9.59 Å². The van der Waals surface area contributed by atoms with Gasteiger partial charge in [0.1, 0.15) is 5.78 Å². The van der Waals surface area contributed by atoms with E-state index in [1.54, 1.807) is 0 Å². The minimum Gasteiger partial charge on any atom is -0.299 e. The maximum absolute atomic E-state index is 12.3. The lowest BCUT2D eigenvalue weighted by Crippen LogP contribution is -2.44. The molecule has 0 spiro atoms. The van der Waals surface area contributed by atoms with Crippen molar-refractivity contribution in [2.45, 2.75) is 46.2 Å². The second kappa shape index (κ2) is 4.42. The van der Waals surface area contributed by atoms with Gasteiger partial charge in [-0.1, -0.05) is 27.2 Å². The van der Waals surface area contributed by atoms with Gasteiger partial charge >= 0.3 is 6.18 Å². The number of rotatable bonds is 1. The summed E-state index contributed by atoms with van der Waals surface area (Å²) in [7, 11) is 0. The summed E-state index contributed by atoms with van der Waals surface area (Å²) in [5.41, 5.74) is -0.387. The summed E-state index contributed by atoms with van der Waals surface area (Å²) in [5, 5.41) is 0. The van der Waals surface area contributed by atoms with E-state index < -0.39 is 29.6 Å². The highest BCUT2D eigenvalue weighted by atomic mass is 19.4. The van der Waals surface area contributed by atoms with E-state index in [2.05, 4.69) is 0 Å². The zero-order chi connectivity index (χ0) is 13.4. The van der Waals surface area contributed by atoms with Gasteiger partial charge in [0.15, 0.2) is 0 Å². The second-order valence-electron chi connectivity index (χ2n) is 5.67. The molecule has 1 aliphatic rings. The second-order valence-corrected chi connectivity index (χ2v) is 5.67. The molecule has 17 heavy (non-hydrogen) atoms. The number of carbonyl (C=O) groups excluding carboxylic acids is 2. The van der Waals surface area contributed by atoms with Crippen LogP contribution in [0, 0.1) is 17.3 Å². The predicted octanol–water partition coefficient (Wildman–Crippen LogP) is 3.15. The van der Waals surface area contributed by atoms with Crippen molar-refractivity contribution in [1.82, 2.24) is 0 Å². The van der Waals surface area contributed by atoms with Crippen molar-refractivity contribution in [3.8, 4) is 0 Å². The van der Waals surface area contributed by atoms with Gasteiger partial charge in [0, 0.05) is 5.92 Å². The van der Waals surface area contributed by atoms with Gasteiger partial charge in [0.05, 0.1) is 5.92 Å². The van der Waals surface area contributed by atoms with Crippen molar-refractivity contribution in [1.29, 1.82) is 0 Å². The molecule has 1 aliphatic carbocycles. The van der Waals surface area contributed by atoms with Crippen LogP contribution >= 0.6 is 0 Å². The Kier molecular flexibility index (Phi) is 3.69. The molecule has 5 heteroatoms. The predicted molar refractivity (Wildman–Crippen MR) is 56.4 cm³/mol. The van der Waals surface area contributed by atoms with Crippen molar-refractivity contribution in [3.63, 3.8) is 0 Å². The Balaban J connectivity index is 2.90. The van der Waals surface area contributed by atoms with Crippen LogP contribution in [0.2, 0.25) is 0 Å². The van der Waals surface area contributed by atoms with Crippen LogP contribution in [-0.4, -0.2) is 17.7 Å². The standard InChI is InChI=1S/C12H17F3O2/c1-11(2,3)8-6-4-5-7(9(8)16)10(17)12(13,14)15/h7-8H,4-6H2,1-3H3/t7-,8+/m0/s1. The van der Waals surface area contributed by atoms with Crippen LogP contribution in [0.4, 0.5) is 13.2 Å². The minimum absolute atomic E-state index is 0.0315. The number of carbonyl (C=O) groups is 2. The number of hydrogen-bond acceptors (Lipinski definition) is 2. The third kappa shape index (κ3) is 3.07. The molecule has 1 rings (SSSR count). The van der Waals surface area contributed by atoms with Crippen LogP contribution in [0.1, 0.15) is 40.0 Å². The molecule has 0 aliphatic heterocycles. The van der Waals surface area contributed by atoms with Gasteiger partial charge < -0.3 is 0 Å². The number of alkyl halides is 3. The summed E-state index contributed by atoms with van der Waals surface area (Å²) in [4.78, 5) is 23.1. The fourth-order valence-electron chi connectivity index (χ4n) is 2.37. The Morgan fingerprint density at radius 3 is 2.12 bits per heavy atom. The van der Waals surface area contributed by atoms with E-state index in [1.807, 2.05) is 20.8 Å². The van der Waals surface area contributed by atoms with E-state index in [0.29, 0.717) is 12.8 Å². The number of halogens is 3.